The van der Waals surface area contributed by atoms with E-state index in [1.807, 2.05) is 18.2 Å². The van der Waals surface area contributed by atoms with Crippen molar-refractivity contribution in [2.24, 2.45) is 5.92 Å². The second-order valence-corrected chi connectivity index (χ2v) is 9.75. The standard InChI is InChI=1S/C25H30Cl2N2O4/c1-32-17-7-8-18(22(14-17)33-2)24-19-5-3-4-10-25(19,31)11-12-29(24)15-23(30)28-21-9-6-16(26)13-20(21)27/h6-9,13-14,19,24,31H,3-5,10-12,15H2,1-2H3,(H,28,30)/t19-,24+,25-/m1/s1. The molecule has 3 atom stereocenters. The highest BCUT2D eigenvalue weighted by Gasteiger charge is 2.49. The van der Waals surface area contributed by atoms with Gasteiger partial charge in [-0.1, -0.05) is 42.1 Å². The summed E-state index contributed by atoms with van der Waals surface area (Å²) in [6, 6.07) is 10.6. The summed E-state index contributed by atoms with van der Waals surface area (Å²) < 4.78 is 11.1. The Bertz CT molecular complexity index is 1020. The third-order valence-electron chi connectivity index (χ3n) is 6.98. The summed E-state index contributed by atoms with van der Waals surface area (Å²) in [5, 5.41) is 15.3. The lowest BCUT2D eigenvalue weighted by Gasteiger charge is -2.52. The van der Waals surface area contributed by atoms with Gasteiger partial charge in [0.1, 0.15) is 11.5 Å². The van der Waals surface area contributed by atoms with Crippen LogP contribution in [0.4, 0.5) is 5.69 Å². The number of benzene rings is 2. The van der Waals surface area contributed by atoms with Crippen molar-refractivity contribution in [1.29, 1.82) is 0 Å². The number of halogens is 2. The highest BCUT2D eigenvalue weighted by molar-refractivity contribution is 6.36. The van der Waals surface area contributed by atoms with E-state index >= 15 is 0 Å². The lowest BCUT2D eigenvalue weighted by molar-refractivity contribution is -0.135. The van der Waals surface area contributed by atoms with Crippen LogP contribution in [0.1, 0.15) is 43.7 Å². The molecule has 2 aliphatic rings. The number of nitrogens with zero attached hydrogens (tertiary/aromatic N) is 1. The maximum atomic E-state index is 13.0. The van der Waals surface area contributed by atoms with Gasteiger partial charge in [-0.15, -0.1) is 0 Å². The van der Waals surface area contributed by atoms with E-state index < -0.39 is 5.60 Å². The van der Waals surface area contributed by atoms with Crippen molar-refractivity contribution in [3.05, 3.63) is 52.0 Å². The first-order valence-electron chi connectivity index (χ1n) is 11.3. The van der Waals surface area contributed by atoms with Crippen molar-refractivity contribution >= 4 is 34.8 Å². The molecule has 1 saturated carbocycles. The Kier molecular flexibility index (Phi) is 7.39. The smallest absolute Gasteiger partial charge is 0.238 e. The molecule has 33 heavy (non-hydrogen) atoms. The number of hydrogen-bond acceptors (Lipinski definition) is 5. The zero-order valence-electron chi connectivity index (χ0n) is 18.9. The number of likely N-dealkylation sites (tertiary alicyclic amines) is 1. The van der Waals surface area contributed by atoms with Crippen LogP contribution in [0, 0.1) is 5.92 Å². The Morgan fingerprint density at radius 3 is 2.70 bits per heavy atom. The number of piperidine rings is 1. The molecule has 1 heterocycles. The number of fused-ring (bicyclic) bond motifs is 1. The van der Waals surface area contributed by atoms with Crippen molar-refractivity contribution in [2.45, 2.75) is 43.7 Å². The monoisotopic (exact) mass is 492 g/mol. The van der Waals surface area contributed by atoms with Crippen LogP contribution in [0.15, 0.2) is 36.4 Å². The molecule has 8 heteroatoms. The van der Waals surface area contributed by atoms with Crippen molar-refractivity contribution in [3.8, 4) is 11.5 Å². The van der Waals surface area contributed by atoms with E-state index in [0.29, 0.717) is 40.2 Å². The van der Waals surface area contributed by atoms with Crippen LogP contribution in [0.3, 0.4) is 0 Å². The van der Waals surface area contributed by atoms with Crippen LogP contribution >= 0.6 is 23.2 Å². The molecule has 1 aliphatic heterocycles. The van der Waals surface area contributed by atoms with E-state index in [1.54, 1.807) is 32.4 Å². The molecule has 1 amide bonds. The Balaban J connectivity index is 1.64. The number of anilines is 1. The number of methoxy groups -OCH3 is 2. The molecule has 0 radical (unpaired) electrons. The minimum absolute atomic E-state index is 0.00853. The molecule has 2 N–H and O–H groups in total. The maximum Gasteiger partial charge on any atom is 0.238 e. The zero-order chi connectivity index (χ0) is 23.6. The van der Waals surface area contributed by atoms with Gasteiger partial charge in [0.2, 0.25) is 5.91 Å². The molecule has 0 unspecified atom stereocenters. The summed E-state index contributed by atoms with van der Waals surface area (Å²) in [4.78, 5) is 15.2. The second-order valence-electron chi connectivity index (χ2n) is 8.90. The van der Waals surface area contributed by atoms with Crippen molar-refractivity contribution in [1.82, 2.24) is 4.90 Å². The number of carbonyl (C=O) groups is 1. The number of rotatable bonds is 6. The van der Waals surface area contributed by atoms with Gasteiger partial charge in [-0.05, 0) is 43.5 Å². The summed E-state index contributed by atoms with van der Waals surface area (Å²) in [6.45, 7) is 0.778. The Morgan fingerprint density at radius 1 is 1.15 bits per heavy atom. The van der Waals surface area contributed by atoms with E-state index in [4.69, 9.17) is 32.7 Å². The molecule has 0 bridgehead atoms. The van der Waals surface area contributed by atoms with Gasteiger partial charge < -0.3 is 19.9 Å². The van der Waals surface area contributed by atoms with Crippen LogP contribution < -0.4 is 14.8 Å². The Hall–Kier alpha value is -1.99. The third-order valence-corrected chi connectivity index (χ3v) is 7.53. The summed E-state index contributed by atoms with van der Waals surface area (Å²) >= 11 is 12.2. The molecule has 2 aromatic carbocycles. The molecule has 0 spiro atoms. The SMILES string of the molecule is COc1ccc([C@H]2[C@H]3CCCC[C@@]3(O)CCN2CC(=O)Nc2ccc(Cl)cc2Cl)c(OC)c1. The summed E-state index contributed by atoms with van der Waals surface area (Å²) in [6.07, 6.45) is 4.41. The first-order valence-corrected chi connectivity index (χ1v) is 12.0. The summed E-state index contributed by atoms with van der Waals surface area (Å²) in [5.41, 5.74) is 0.747. The summed E-state index contributed by atoms with van der Waals surface area (Å²) in [5.74, 6) is 1.24. The first kappa shape index (κ1) is 24.1. The Labute approximate surface area is 204 Å². The minimum atomic E-state index is -0.736. The molecule has 1 aliphatic carbocycles. The molecule has 2 aromatic rings. The molecule has 2 fully saturated rings. The lowest BCUT2D eigenvalue weighted by Crippen LogP contribution is -2.56. The zero-order valence-corrected chi connectivity index (χ0v) is 20.5. The number of amides is 1. The van der Waals surface area contributed by atoms with Gasteiger partial charge in [0.05, 0.1) is 37.1 Å². The number of ether oxygens (including phenoxy) is 2. The molecule has 0 aromatic heterocycles. The van der Waals surface area contributed by atoms with E-state index in [1.165, 1.54) is 0 Å². The fraction of sp³-hybridized carbons (Fsp3) is 0.480. The molecular weight excluding hydrogens is 463 g/mol. The predicted molar refractivity (Wildman–Crippen MR) is 130 cm³/mol. The highest BCUT2D eigenvalue weighted by Crippen LogP contribution is 2.51. The maximum absolute atomic E-state index is 13.0. The van der Waals surface area contributed by atoms with Crippen LogP contribution in [-0.4, -0.2) is 48.8 Å². The second kappa shape index (κ2) is 10.1. The van der Waals surface area contributed by atoms with Crippen molar-refractivity contribution in [2.75, 3.05) is 32.6 Å². The van der Waals surface area contributed by atoms with Crippen LogP contribution in [0.2, 0.25) is 10.0 Å². The van der Waals surface area contributed by atoms with E-state index in [9.17, 15) is 9.90 Å². The third kappa shape index (κ3) is 5.09. The largest absolute Gasteiger partial charge is 0.497 e. The van der Waals surface area contributed by atoms with Gasteiger partial charge in [0.25, 0.3) is 0 Å². The molecule has 6 nitrogen and oxygen atoms in total. The average Bonchev–Trinajstić information content (AvgIpc) is 2.80. The van der Waals surface area contributed by atoms with Crippen molar-refractivity contribution < 1.29 is 19.4 Å². The van der Waals surface area contributed by atoms with Gasteiger partial charge in [-0.3, -0.25) is 9.69 Å². The van der Waals surface area contributed by atoms with Crippen molar-refractivity contribution in [3.63, 3.8) is 0 Å². The van der Waals surface area contributed by atoms with E-state index in [2.05, 4.69) is 10.2 Å². The fourth-order valence-electron chi connectivity index (χ4n) is 5.36. The molecule has 4 rings (SSSR count). The molecule has 1 saturated heterocycles. The summed E-state index contributed by atoms with van der Waals surface area (Å²) in [7, 11) is 3.25. The van der Waals surface area contributed by atoms with Gasteiger partial charge in [-0.2, -0.15) is 0 Å². The fourth-order valence-corrected chi connectivity index (χ4v) is 5.82. The molecular formula is C25H30Cl2N2O4. The lowest BCUT2D eigenvalue weighted by atomic mass is 9.66. The normalized spacial score (nSPS) is 25.2. The van der Waals surface area contributed by atoms with E-state index in [-0.39, 0.29) is 24.4 Å². The van der Waals surface area contributed by atoms with Gasteiger partial charge in [0, 0.05) is 35.2 Å². The van der Waals surface area contributed by atoms with Gasteiger partial charge >= 0.3 is 0 Å². The van der Waals surface area contributed by atoms with E-state index in [0.717, 1.165) is 31.2 Å². The van der Waals surface area contributed by atoms with Gasteiger partial charge in [0.15, 0.2) is 0 Å². The van der Waals surface area contributed by atoms with Crippen LogP contribution in [-0.2, 0) is 4.79 Å². The predicted octanol–water partition coefficient (Wildman–Crippen LogP) is 5.32. The average molecular weight is 493 g/mol. The minimum Gasteiger partial charge on any atom is -0.497 e. The van der Waals surface area contributed by atoms with Crippen LogP contribution in [0.25, 0.3) is 0 Å². The number of nitrogens with one attached hydrogen (secondary N) is 1. The first-order chi connectivity index (χ1) is 15.8. The number of hydrogen-bond donors (Lipinski definition) is 2. The highest BCUT2D eigenvalue weighted by atomic mass is 35.5. The Morgan fingerprint density at radius 2 is 1.97 bits per heavy atom. The quantitative estimate of drug-likeness (QED) is 0.570. The number of carbonyl (C=O) groups excluding carboxylic acids is 1. The number of aliphatic hydroxyl groups is 1. The topological polar surface area (TPSA) is 71.0 Å². The van der Waals surface area contributed by atoms with Crippen LogP contribution in [0.5, 0.6) is 11.5 Å². The van der Waals surface area contributed by atoms with Gasteiger partial charge in [-0.25, -0.2) is 0 Å². The molecule has 178 valence electrons.